The van der Waals surface area contributed by atoms with Gasteiger partial charge in [-0.15, -0.1) is 0 Å². The average Bonchev–Trinajstić information content (AvgIpc) is 2.25. The first-order chi connectivity index (χ1) is 7.50. The summed E-state index contributed by atoms with van der Waals surface area (Å²) in [6.45, 7) is 0. The van der Waals surface area contributed by atoms with Crippen molar-refractivity contribution >= 4 is 28.4 Å². The number of nitro benzene ring substituents is 1. The van der Waals surface area contributed by atoms with Crippen molar-refractivity contribution in [2.24, 2.45) is 0 Å². The third-order valence-electron chi connectivity index (χ3n) is 2.05. The van der Waals surface area contributed by atoms with E-state index in [1.807, 2.05) is 4.98 Å². The van der Waals surface area contributed by atoms with Gasteiger partial charge in [0, 0.05) is 23.9 Å². The van der Waals surface area contributed by atoms with Crippen molar-refractivity contribution in [3.63, 3.8) is 0 Å². The Bertz CT molecular complexity index is 702. The molecular weight excluding hydrogens is 238 g/mol. The zero-order valence-corrected chi connectivity index (χ0v) is 8.39. The Morgan fingerprint density at radius 3 is 2.69 bits per heavy atom. The van der Waals surface area contributed by atoms with Crippen LogP contribution in [0.1, 0.15) is 0 Å². The highest BCUT2D eigenvalue weighted by Gasteiger charge is 2.11. The number of nitrogens with zero attached hydrogens (tertiary/aromatic N) is 2. The molecule has 1 N–H and O–H groups in total. The largest absolute Gasteiger partial charge is 0.343 e. The number of non-ortho nitro benzene ring substituents is 1. The maximum atomic E-state index is 11.4. The number of benzene rings is 1. The van der Waals surface area contributed by atoms with Crippen molar-refractivity contribution in [2.75, 3.05) is 0 Å². The van der Waals surface area contributed by atoms with Gasteiger partial charge in [0.25, 0.3) is 11.2 Å². The highest BCUT2D eigenvalue weighted by atomic mass is 35.5. The van der Waals surface area contributed by atoms with Gasteiger partial charge >= 0.3 is 5.69 Å². The molecule has 82 valence electrons. The SMILES string of the molecule is O=c1[nH]c(=O)n(Cl)c2ccc([N+](=O)[O-])cc12. The molecular formula is C8H4ClN3O4. The molecule has 0 saturated carbocycles. The molecule has 1 aromatic heterocycles. The Morgan fingerprint density at radius 2 is 2.06 bits per heavy atom. The highest BCUT2D eigenvalue weighted by Crippen LogP contribution is 2.17. The van der Waals surface area contributed by atoms with Crippen LogP contribution in [0.15, 0.2) is 27.8 Å². The molecule has 0 bridgehead atoms. The minimum absolute atomic E-state index is 0.0104. The molecule has 1 aromatic carbocycles. The van der Waals surface area contributed by atoms with Gasteiger partial charge in [0.2, 0.25) is 0 Å². The quantitative estimate of drug-likeness (QED) is 0.584. The van der Waals surface area contributed by atoms with Gasteiger partial charge in [-0.3, -0.25) is 19.9 Å². The molecule has 0 saturated heterocycles. The average molecular weight is 242 g/mol. The van der Waals surface area contributed by atoms with Crippen LogP contribution in [-0.2, 0) is 0 Å². The molecule has 7 nitrogen and oxygen atoms in total. The predicted octanol–water partition coefficient (Wildman–Crippen LogP) is 0.600. The van der Waals surface area contributed by atoms with E-state index >= 15 is 0 Å². The third kappa shape index (κ3) is 1.47. The summed E-state index contributed by atoms with van der Waals surface area (Å²) in [6, 6.07) is 3.48. The summed E-state index contributed by atoms with van der Waals surface area (Å²) in [6.07, 6.45) is 0. The molecule has 0 aliphatic rings. The Kier molecular flexibility index (Phi) is 2.24. The molecule has 2 aromatic rings. The number of hydrogen-bond acceptors (Lipinski definition) is 4. The number of aromatic nitrogens is 2. The van der Waals surface area contributed by atoms with Crippen LogP contribution < -0.4 is 11.2 Å². The molecule has 1 heterocycles. The van der Waals surface area contributed by atoms with Crippen LogP contribution in [0.25, 0.3) is 10.9 Å². The van der Waals surface area contributed by atoms with Crippen molar-refractivity contribution < 1.29 is 4.92 Å². The first-order valence-corrected chi connectivity index (χ1v) is 4.44. The molecule has 0 amide bonds. The van der Waals surface area contributed by atoms with Crippen LogP contribution in [0.2, 0.25) is 0 Å². The molecule has 0 fully saturated rings. The Morgan fingerprint density at radius 1 is 1.38 bits per heavy atom. The highest BCUT2D eigenvalue weighted by molar-refractivity contribution is 6.18. The molecule has 0 aliphatic carbocycles. The van der Waals surface area contributed by atoms with Gasteiger partial charge in [0.1, 0.15) is 0 Å². The third-order valence-corrected chi connectivity index (χ3v) is 2.38. The molecule has 8 heteroatoms. The van der Waals surface area contributed by atoms with Crippen LogP contribution in [0, 0.1) is 10.1 Å². The fourth-order valence-electron chi connectivity index (χ4n) is 1.31. The summed E-state index contributed by atoms with van der Waals surface area (Å²) >= 11 is 5.59. The Balaban J connectivity index is 2.96. The molecule has 0 unspecified atom stereocenters. The first kappa shape index (κ1) is 10.4. The van der Waals surface area contributed by atoms with Gasteiger partial charge in [-0.2, -0.15) is 0 Å². The van der Waals surface area contributed by atoms with Crippen LogP contribution in [0.4, 0.5) is 5.69 Å². The van der Waals surface area contributed by atoms with Crippen LogP contribution in [0.3, 0.4) is 0 Å². The summed E-state index contributed by atoms with van der Waals surface area (Å²) < 4.78 is 0.695. The lowest BCUT2D eigenvalue weighted by Gasteiger charge is -2.00. The van der Waals surface area contributed by atoms with Crippen molar-refractivity contribution in [1.82, 2.24) is 9.07 Å². The lowest BCUT2D eigenvalue weighted by atomic mass is 10.2. The van der Waals surface area contributed by atoms with E-state index < -0.39 is 16.2 Å². The first-order valence-electron chi connectivity index (χ1n) is 4.10. The molecule has 0 radical (unpaired) electrons. The molecule has 0 aliphatic heterocycles. The van der Waals surface area contributed by atoms with E-state index in [-0.39, 0.29) is 16.6 Å². The van der Waals surface area contributed by atoms with Gasteiger partial charge in [-0.25, -0.2) is 8.88 Å². The van der Waals surface area contributed by atoms with Gasteiger partial charge in [-0.05, 0) is 6.07 Å². The summed E-state index contributed by atoms with van der Waals surface area (Å²) in [5.41, 5.74) is -1.61. The molecule has 0 spiro atoms. The standard InChI is InChI=1S/C8H4ClN3O4/c9-11-6-2-1-4(12(15)16)3-5(6)7(13)10-8(11)14/h1-3H,(H,10,13,14). The van der Waals surface area contributed by atoms with E-state index in [0.29, 0.717) is 4.09 Å². The maximum absolute atomic E-state index is 11.4. The number of H-pyrrole nitrogens is 1. The zero-order valence-electron chi connectivity index (χ0n) is 7.64. The minimum Gasteiger partial charge on any atom is -0.272 e. The van der Waals surface area contributed by atoms with Gasteiger partial charge < -0.3 is 0 Å². The normalized spacial score (nSPS) is 10.6. The topological polar surface area (TPSA) is 98.0 Å². The van der Waals surface area contributed by atoms with Crippen molar-refractivity contribution in [2.45, 2.75) is 0 Å². The second-order valence-corrected chi connectivity index (χ2v) is 3.34. The molecule has 0 atom stereocenters. The van der Waals surface area contributed by atoms with Crippen molar-refractivity contribution in [3.8, 4) is 0 Å². The monoisotopic (exact) mass is 241 g/mol. The number of fused-ring (bicyclic) bond motifs is 1. The maximum Gasteiger partial charge on any atom is 0.343 e. The predicted molar refractivity (Wildman–Crippen MR) is 56.7 cm³/mol. The lowest BCUT2D eigenvalue weighted by molar-refractivity contribution is -0.384. The number of nitrogens with one attached hydrogen (secondary N) is 1. The van der Waals surface area contributed by atoms with E-state index in [4.69, 9.17) is 11.8 Å². The Hall–Kier alpha value is -2.15. The van der Waals surface area contributed by atoms with E-state index in [2.05, 4.69) is 0 Å². The van der Waals surface area contributed by atoms with Crippen molar-refractivity contribution in [3.05, 3.63) is 49.2 Å². The second-order valence-electron chi connectivity index (χ2n) is 3.00. The second kappa shape index (κ2) is 3.46. The summed E-state index contributed by atoms with van der Waals surface area (Å²) in [7, 11) is 0. The lowest BCUT2D eigenvalue weighted by Crippen LogP contribution is -2.26. The van der Waals surface area contributed by atoms with Gasteiger partial charge in [-0.1, -0.05) is 0 Å². The van der Waals surface area contributed by atoms with Crippen LogP contribution in [0.5, 0.6) is 0 Å². The van der Waals surface area contributed by atoms with Gasteiger partial charge in [0.15, 0.2) is 0 Å². The Labute approximate surface area is 92.2 Å². The van der Waals surface area contributed by atoms with Crippen molar-refractivity contribution in [1.29, 1.82) is 0 Å². The molecule has 2 rings (SSSR count). The number of halogens is 1. The fraction of sp³-hybridized carbons (Fsp3) is 0. The smallest absolute Gasteiger partial charge is 0.272 e. The van der Waals surface area contributed by atoms with Crippen LogP contribution >= 0.6 is 11.8 Å². The van der Waals surface area contributed by atoms with E-state index in [9.17, 15) is 19.7 Å². The summed E-state index contributed by atoms with van der Waals surface area (Å²) in [4.78, 5) is 34.3. The zero-order chi connectivity index (χ0) is 11.9. The van der Waals surface area contributed by atoms with Gasteiger partial charge in [0.05, 0.1) is 15.8 Å². The number of aromatic amines is 1. The number of hydrogen-bond donors (Lipinski definition) is 1. The van der Waals surface area contributed by atoms with E-state index in [1.165, 1.54) is 12.1 Å². The van der Waals surface area contributed by atoms with Crippen LogP contribution in [-0.4, -0.2) is 14.0 Å². The number of rotatable bonds is 1. The summed E-state index contributed by atoms with van der Waals surface area (Å²) in [5, 5.41) is 10.5. The number of nitro groups is 1. The molecule has 16 heavy (non-hydrogen) atoms. The van der Waals surface area contributed by atoms with E-state index in [1.54, 1.807) is 0 Å². The summed E-state index contributed by atoms with van der Waals surface area (Å²) in [5.74, 6) is 0. The minimum atomic E-state index is -0.784. The fourth-order valence-corrected chi connectivity index (χ4v) is 1.50. The van der Waals surface area contributed by atoms with E-state index in [0.717, 1.165) is 6.07 Å².